The molecule has 1 aromatic rings. The van der Waals surface area contributed by atoms with Crippen molar-refractivity contribution in [2.75, 3.05) is 14.2 Å². The molecule has 6 nitrogen and oxygen atoms in total. The Labute approximate surface area is 123 Å². The highest BCUT2D eigenvalue weighted by molar-refractivity contribution is 5.81. The smallest absolute Gasteiger partial charge is 0.330 e. The van der Waals surface area contributed by atoms with E-state index < -0.39 is 17.0 Å². The number of hydrogen-bond acceptors (Lipinski definition) is 5. The zero-order chi connectivity index (χ0) is 16.2. The van der Waals surface area contributed by atoms with E-state index in [1.165, 1.54) is 26.4 Å². The lowest BCUT2D eigenvalue weighted by Gasteiger charge is -2.19. The van der Waals surface area contributed by atoms with Crippen LogP contribution in [0.15, 0.2) is 18.2 Å². The summed E-state index contributed by atoms with van der Waals surface area (Å²) in [7, 11) is 2.77. The lowest BCUT2D eigenvalue weighted by atomic mass is 9.92. The molecule has 6 heteroatoms. The maximum Gasteiger partial charge on any atom is 0.330 e. The van der Waals surface area contributed by atoms with Gasteiger partial charge in [0.05, 0.1) is 12.0 Å². The summed E-state index contributed by atoms with van der Waals surface area (Å²) in [6.07, 6.45) is 2.23. The number of rotatable bonds is 5. The van der Waals surface area contributed by atoms with Crippen molar-refractivity contribution in [3.63, 3.8) is 0 Å². The van der Waals surface area contributed by atoms with Crippen molar-refractivity contribution in [1.82, 2.24) is 0 Å². The molecule has 0 N–H and O–H groups in total. The standard InChI is InChI=1S/C15H19NO5/c1-9-8-12(16(18)19)11(3)15(10(9)2)13(20-4)6-7-14(17)21-5/h6-8,13H,1-5H3/b7-6-/t13-/m0/s1. The second kappa shape index (κ2) is 6.99. The summed E-state index contributed by atoms with van der Waals surface area (Å²) >= 11 is 0. The molecule has 0 bridgehead atoms. The number of carbonyl (C=O) groups excluding carboxylic acids is 1. The molecule has 0 unspecified atom stereocenters. The second-order valence-electron chi connectivity index (χ2n) is 4.67. The lowest BCUT2D eigenvalue weighted by molar-refractivity contribution is -0.385. The highest BCUT2D eigenvalue weighted by Gasteiger charge is 2.22. The Morgan fingerprint density at radius 3 is 2.38 bits per heavy atom. The lowest BCUT2D eigenvalue weighted by Crippen LogP contribution is -2.08. The number of benzene rings is 1. The number of nitro benzene ring substituents is 1. The molecule has 0 aromatic heterocycles. The van der Waals surface area contributed by atoms with Gasteiger partial charge >= 0.3 is 5.97 Å². The van der Waals surface area contributed by atoms with Crippen molar-refractivity contribution >= 4 is 11.7 Å². The first-order valence-corrected chi connectivity index (χ1v) is 6.37. The number of ether oxygens (including phenoxy) is 2. The number of aryl methyl sites for hydroxylation is 1. The first kappa shape index (κ1) is 16.8. The predicted octanol–water partition coefficient (Wildman–Crippen LogP) is 2.94. The van der Waals surface area contributed by atoms with Crippen LogP contribution in [-0.2, 0) is 14.3 Å². The molecular formula is C15H19NO5. The van der Waals surface area contributed by atoms with Crippen LogP contribution >= 0.6 is 0 Å². The van der Waals surface area contributed by atoms with Gasteiger partial charge in [-0.15, -0.1) is 0 Å². The van der Waals surface area contributed by atoms with E-state index in [2.05, 4.69) is 4.74 Å². The first-order valence-electron chi connectivity index (χ1n) is 6.37. The molecule has 0 fully saturated rings. The van der Waals surface area contributed by atoms with Gasteiger partial charge in [0, 0.05) is 24.8 Å². The van der Waals surface area contributed by atoms with Gasteiger partial charge in [-0.1, -0.05) is 0 Å². The monoisotopic (exact) mass is 293 g/mol. The fraction of sp³-hybridized carbons (Fsp3) is 0.400. The fourth-order valence-corrected chi connectivity index (χ4v) is 2.20. The molecule has 21 heavy (non-hydrogen) atoms. The van der Waals surface area contributed by atoms with Crippen LogP contribution in [-0.4, -0.2) is 25.1 Å². The van der Waals surface area contributed by atoms with E-state index in [4.69, 9.17) is 4.74 Å². The molecule has 114 valence electrons. The molecule has 1 atom stereocenters. The summed E-state index contributed by atoms with van der Waals surface area (Å²) < 4.78 is 9.90. The summed E-state index contributed by atoms with van der Waals surface area (Å²) in [5.74, 6) is -0.505. The Hall–Kier alpha value is -2.21. The Balaban J connectivity index is 3.41. The largest absolute Gasteiger partial charge is 0.466 e. The summed E-state index contributed by atoms with van der Waals surface area (Å²) in [6, 6.07) is 1.55. The van der Waals surface area contributed by atoms with Crippen LogP contribution in [0.25, 0.3) is 0 Å². The van der Waals surface area contributed by atoms with Crippen LogP contribution in [0.4, 0.5) is 5.69 Å². The van der Waals surface area contributed by atoms with E-state index >= 15 is 0 Å². The highest BCUT2D eigenvalue weighted by atomic mass is 16.6. The summed E-state index contributed by atoms with van der Waals surface area (Å²) in [6.45, 7) is 5.36. The number of hydrogen-bond donors (Lipinski definition) is 0. The molecule has 0 aliphatic heterocycles. The van der Waals surface area contributed by atoms with Crippen molar-refractivity contribution in [3.8, 4) is 0 Å². The number of carbonyl (C=O) groups is 1. The Morgan fingerprint density at radius 1 is 1.29 bits per heavy atom. The molecule has 0 aliphatic carbocycles. The van der Waals surface area contributed by atoms with Crippen LogP contribution in [0.5, 0.6) is 0 Å². The van der Waals surface area contributed by atoms with Gasteiger partial charge in [-0.3, -0.25) is 10.1 Å². The van der Waals surface area contributed by atoms with E-state index in [1.807, 2.05) is 13.8 Å². The summed E-state index contributed by atoms with van der Waals surface area (Å²) in [4.78, 5) is 21.9. The third kappa shape index (κ3) is 3.66. The average Bonchev–Trinajstić information content (AvgIpc) is 2.45. The topological polar surface area (TPSA) is 78.7 Å². The van der Waals surface area contributed by atoms with Crippen molar-refractivity contribution in [3.05, 3.63) is 50.6 Å². The number of nitro groups is 1. The van der Waals surface area contributed by atoms with E-state index in [1.54, 1.807) is 13.0 Å². The third-order valence-corrected chi connectivity index (χ3v) is 3.48. The molecule has 1 aromatic carbocycles. The van der Waals surface area contributed by atoms with Crippen LogP contribution in [0.3, 0.4) is 0 Å². The molecule has 0 heterocycles. The minimum absolute atomic E-state index is 0.0432. The third-order valence-electron chi connectivity index (χ3n) is 3.48. The molecule has 1 rings (SSSR count). The summed E-state index contributed by atoms with van der Waals surface area (Å²) in [5, 5.41) is 11.1. The van der Waals surface area contributed by atoms with Crippen LogP contribution in [0, 0.1) is 30.9 Å². The zero-order valence-electron chi connectivity index (χ0n) is 12.8. The molecule has 0 amide bonds. The van der Waals surface area contributed by atoms with Gasteiger partial charge in [-0.25, -0.2) is 4.79 Å². The highest BCUT2D eigenvalue weighted by Crippen LogP contribution is 2.33. The van der Waals surface area contributed by atoms with Gasteiger partial charge in [-0.05, 0) is 43.5 Å². The average molecular weight is 293 g/mol. The normalized spacial score (nSPS) is 12.4. The summed E-state index contributed by atoms with van der Waals surface area (Å²) in [5.41, 5.74) is 2.98. The van der Waals surface area contributed by atoms with Gasteiger partial charge in [0.2, 0.25) is 0 Å². The van der Waals surface area contributed by atoms with Gasteiger partial charge < -0.3 is 9.47 Å². The van der Waals surface area contributed by atoms with Gasteiger partial charge in [0.1, 0.15) is 6.10 Å². The van der Waals surface area contributed by atoms with Crippen LogP contribution in [0.1, 0.15) is 28.4 Å². The SMILES string of the molecule is COC(=O)/C=C\[C@H](OC)c1c(C)c(C)cc([N+](=O)[O-])c1C. The quantitative estimate of drug-likeness (QED) is 0.361. The van der Waals surface area contributed by atoms with Crippen molar-refractivity contribution < 1.29 is 19.2 Å². The molecule has 0 saturated carbocycles. The molecule has 0 radical (unpaired) electrons. The van der Waals surface area contributed by atoms with E-state index in [9.17, 15) is 14.9 Å². The molecule has 0 spiro atoms. The fourth-order valence-electron chi connectivity index (χ4n) is 2.20. The van der Waals surface area contributed by atoms with E-state index in [-0.39, 0.29) is 5.69 Å². The number of esters is 1. The van der Waals surface area contributed by atoms with E-state index in [0.29, 0.717) is 11.1 Å². The van der Waals surface area contributed by atoms with Crippen LogP contribution < -0.4 is 0 Å². The number of nitrogens with zero attached hydrogens (tertiary/aromatic N) is 1. The first-order chi connectivity index (χ1) is 9.83. The maximum atomic E-state index is 11.2. The van der Waals surface area contributed by atoms with Crippen molar-refractivity contribution in [1.29, 1.82) is 0 Å². The minimum atomic E-state index is -0.553. The van der Waals surface area contributed by atoms with Crippen molar-refractivity contribution in [2.45, 2.75) is 26.9 Å². The van der Waals surface area contributed by atoms with Gasteiger partial charge in [0.25, 0.3) is 5.69 Å². The Bertz CT molecular complexity index is 592. The van der Waals surface area contributed by atoms with Crippen LogP contribution in [0.2, 0.25) is 0 Å². The predicted molar refractivity (Wildman–Crippen MR) is 78.2 cm³/mol. The van der Waals surface area contributed by atoms with Gasteiger partial charge in [-0.2, -0.15) is 0 Å². The van der Waals surface area contributed by atoms with Crippen molar-refractivity contribution in [2.24, 2.45) is 0 Å². The Morgan fingerprint density at radius 2 is 1.90 bits per heavy atom. The Kier molecular flexibility index (Phi) is 5.60. The van der Waals surface area contributed by atoms with E-state index in [0.717, 1.165) is 11.1 Å². The zero-order valence-corrected chi connectivity index (χ0v) is 12.8. The molecule has 0 saturated heterocycles. The molecule has 0 aliphatic rings. The number of methoxy groups -OCH3 is 2. The minimum Gasteiger partial charge on any atom is -0.466 e. The molecular weight excluding hydrogens is 274 g/mol. The maximum absolute atomic E-state index is 11.2. The van der Waals surface area contributed by atoms with Gasteiger partial charge in [0.15, 0.2) is 0 Å². The second-order valence-corrected chi connectivity index (χ2v) is 4.67.